The standard InChI is InChI=1S/C16H15IO4/c1-19-13-9-8-11(15(20-2)16(13)21-3)14(18)10-6-4-5-7-12(10)17/h4-9H,1-3H3. The largest absolute Gasteiger partial charge is 0.493 e. The first-order chi connectivity index (χ1) is 10.1. The van der Waals surface area contributed by atoms with Gasteiger partial charge in [-0.2, -0.15) is 0 Å². The molecule has 0 N–H and O–H groups in total. The van der Waals surface area contributed by atoms with Crippen LogP contribution in [-0.2, 0) is 0 Å². The van der Waals surface area contributed by atoms with Gasteiger partial charge >= 0.3 is 0 Å². The van der Waals surface area contributed by atoms with Crippen molar-refractivity contribution in [2.45, 2.75) is 0 Å². The maximum Gasteiger partial charge on any atom is 0.204 e. The minimum Gasteiger partial charge on any atom is -0.493 e. The smallest absolute Gasteiger partial charge is 0.204 e. The summed E-state index contributed by atoms with van der Waals surface area (Å²) in [5, 5.41) is 0. The fraction of sp³-hybridized carbons (Fsp3) is 0.188. The van der Waals surface area contributed by atoms with Crippen LogP contribution in [0.5, 0.6) is 17.2 Å². The molecular weight excluding hydrogens is 383 g/mol. The molecule has 0 unspecified atom stereocenters. The summed E-state index contributed by atoms with van der Waals surface area (Å²) < 4.78 is 16.8. The van der Waals surface area contributed by atoms with E-state index in [1.165, 1.54) is 14.2 Å². The zero-order valence-electron chi connectivity index (χ0n) is 12.0. The van der Waals surface area contributed by atoms with E-state index in [0.29, 0.717) is 28.4 Å². The molecule has 21 heavy (non-hydrogen) atoms. The van der Waals surface area contributed by atoms with Gasteiger partial charge < -0.3 is 14.2 Å². The Hall–Kier alpha value is -1.76. The van der Waals surface area contributed by atoms with Crippen LogP contribution in [0.3, 0.4) is 0 Å². The Morgan fingerprint density at radius 3 is 2.10 bits per heavy atom. The molecule has 0 heterocycles. The quantitative estimate of drug-likeness (QED) is 0.571. The number of hydrogen-bond donors (Lipinski definition) is 0. The van der Waals surface area contributed by atoms with Crippen molar-refractivity contribution in [3.8, 4) is 17.2 Å². The highest BCUT2D eigenvalue weighted by Crippen LogP contribution is 2.40. The molecule has 0 aromatic heterocycles. The molecule has 0 fully saturated rings. The van der Waals surface area contributed by atoms with Crippen molar-refractivity contribution >= 4 is 28.4 Å². The van der Waals surface area contributed by atoms with E-state index in [4.69, 9.17) is 14.2 Å². The monoisotopic (exact) mass is 398 g/mol. The summed E-state index contributed by atoms with van der Waals surface area (Å²) in [5.74, 6) is 1.20. The van der Waals surface area contributed by atoms with Crippen molar-refractivity contribution in [3.05, 3.63) is 51.1 Å². The second-order valence-corrected chi connectivity index (χ2v) is 5.35. The van der Waals surface area contributed by atoms with Gasteiger partial charge in [0.1, 0.15) is 0 Å². The van der Waals surface area contributed by atoms with Gasteiger partial charge in [0.25, 0.3) is 0 Å². The zero-order chi connectivity index (χ0) is 15.4. The van der Waals surface area contributed by atoms with Crippen molar-refractivity contribution in [1.29, 1.82) is 0 Å². The minimum absolute atomic E-state index is 0.113. The molecular formula is C16H15IO4. The molecule has 0 bridgehead atoms. The van der Waals surface area contributed by atoms with Crippen LogP contribution in [0.2, 0.25) is 0 Å². The van der Waals surface area contributed by atoms with Gasteiger partial charge in [-0.05, 0) is 46.9 Å². The lowest BCUT2D eigenvalue weighted by Crippen LogP contribution is -2.07. The molecule has 0 atom stereocenters. The van der Waals surface area contributed by atoms with Crippen LogP contribution in [0.1, 0.15) is 15.9 Å². The van der Waals surface area contributed by atoms with E-state index < -0.39 is 0 Å². The molecule has 110 valence electrons. The van der Waals surface area contributed by atoms with Gasteiger partial charge in [0, 0.05) is 9.13 Å². The summed E-state index contributed by atoms with van der Waals surface area (Å²) in [6, 6.07) is 10.8. The SMILES string of the molecule is COc1ccc(C(=O)c2ccccc2I)c(OC)c1OC. The van der Waals surface area contributed by atoms with Gasteiger partial charge in [-0.3, -0.25) is 4.79 Å². The maximum absolute atomic E-state index is 12.7. The number of hydrogen-bond acceptors (Lipinski definition) is 4. The van der Waals surface area contributed by atoms with Crippen LogP contribution >= 0.6 is 22.6 Å². The molecule has 0 saturated carbocycles. The summed E-state index contributed by atoms with van der Waals surface area (Å²) in [6.45, 7) is 0. The normalized spacial score (nSPS) is 10.1. The van der Waals surface area contributed by atoms with Crippen LogP contribution in [0.15, 0.2) is 36.4 Å². The number of carbonyl (C=O) groups excluding carboxylic acids is 1. The molecule has 2 aromatic rings. The van der Waals surface area contributed by atoms with E-state index in [-0.39, 0.29) is 5.78 Å². The number of methoxy groups -OCH3 is 3. The minimum atomic E-state index is -0.113. The van der Waals surface area contributed by atoms with Crippen LogP contribution in [0.4, 0.5) is 0 Å². The third-order valence-corrected chi connectivity index (χ3v) is 4.01. The molecule has 0 aliphatic carbocycles. The van der Waals surface area contributed by atoms with Crippen molar-refractivity contribution in [1.82, 2.24) is 0 Å². The molecule has 0 aliphatic rings. The molecule has 5 heteroatoms. The van der Waals surface area contributed by atoms with E-state index in [1.807, 2.05) is 18.2 Å². The van der Waals surface area contributed by atoms with Crippen molar-refractivity contribution in [2.75, 3.05) is 21.3 Å². The lowest BCUT2D eigenvalue weighted by Gasteiger charge is -2.15. The second kappa shape index (κ2) is 6.80. The van der Waals surface area contributed by atoms with Crippen LogP contribution < -0.4 is 14.2 Å². The molecule has 2 rings (SSSR count). The number of benzene rings is 2. The van der Waals surface area contributed by atoms with Crippen molar-refractivity contribution < 1.29 is 19.0 Å². The number of halogens is 1. The Balaban J connectivity index is 2.59. The fourth-order valence-electron chi connectivity index (χ4n) is 2.07. The Morgan fingerprint density at radius 2 is 1.52 bits per heavy atom. The van der Waals surface area contributed by atoms with E-state index in [2.05, 4.69) is 22.6 Å². The molecule has 0 radical (unpaired) electrons. The van der Waals surface area contributed by atoms with E-state index in [9.17, 15) is 4.79 Å². The van der Waals surface area contributed by atoms with Crippen LogP contribution in [-0.4, -0.2) is 27.1 Å². The summed E-state index contributed by atoms with van der Waals surface area (Å²) in [5.41, 5.74) is 1.07. The first-order valence-electron chi connectivity index (χ1n) is 6.22. The van der Waals surface area contributed by atoms with Gasteiger partial charge in [0.2, 0.25) is 5.75 Å². The van der Waals surface area contributed by atoms with E-state index >= 15 is 0 Å². The Bertz CT molecular complexity index is 667. The number of rotatable bonds is 5. The Morgan fingerprint density at radius 1 is 0.857 bits per heavy atom. The summed E-state index contributed by atoms with van der Waals surface area (Å²) in [6.07, 6.45) is 0. The predicted octanol–water partition coefficient (Wildman–Crippen LogP) is 3.55. The van der Waals surface area contributed by atoms with E-state index in [1.54, 1.807) is 25.3 Å². The van der Waals surface area contributed by atoms with Crippen molar-refractivity contribution in [2.24, 2.45) is 0 Å². The van der Waals surface area contributed by atoms with Gasteiger partial charge in [-0.15, -0.1) is 0 Å². The summed E-state index contributed by atoms with van der Waals surface area (Å²) >= 11 is 2.14. The molecule has 4 nitrogen and oxygen atoms in total. The van der Waals surface area contributed by atoms with Crippen LogP contribution in [0.25, 0.3) is 0 Å². The molecule has 0 spiro atoms. The van der Waals surface area contributed by atoms with E-state index in [0.717, 1.165) is 3.57 Å². The maximum atomic E-state index is 12.7. The lowest BCUT2D eigenvalue weighted by molar-refractivity contribution is 0.103. The van der Waals surface area contributed by atoms with Gasteiger partial charge in [0.05, 0.1) is 26.9 Å². The number of carbonyl (C=O) groups is 1. The summed E-state index contributed by atoms with van der Waals surface area (Å²) in [7, 11) is 4.56. The highest BCUT2D eigenvalue weighted by Gasteiger charge is 2.22. The third kappa shape index (κ3) is 2.97. The molecule has 2 aromatic carbocycles. The average molecular weight is 398 g/mol. The van der Waals surface area contributed by atoms with Gasteiger partial charge in [-0.1, -0.05) is 12.1 Å². The number of ether oxygens (including phenoxy) is 3. The van der Waals surface area contributed by atoms with Crippen molar-refractivity contribution in [3.63, 3.8) is 0 Å². The average Bonchev–Trinajstić information content (AvgIpc) is 2.52. The van der Waals surface area contributed by atoms with Crippen LogP contribution in [0, 0.1) is 3.57 Å². The topological polar surface area (TPSA) is 44.8 Å². The predicted molar refractivity (Wildman–Crippen MR) is 88.7 cm³/mol. The van der Waals surface area contributed by atoms with Gasteiger partial charge in [0.15, 0.2) is 17.3 Å². The summed E-state index contributed by atoms with van der Waals surface area (Å²) in [4.78, 5) is 12.7. The third-order valence-electron chi connectivity index (χ3n) is 3.07. The lowest BCUT2D eigenvalue weighted by atomic mass is 10.0. The highest BCUT2D eigenvalue weighted by atomic mass is 127. The van der Waals surface area contributed by atoms with Gasteiger partial charge in [-0.25, -0.2) is 0 Å². The fourth-order valence-corrected chi connectivity index (χ4v) is 2.70. The zero-order valence-corrected chi connectivity index (χ0v) is 14.1. The molecule has 0 aliphatic heterocycles. The first kappa shape index (κ1) is 15.6. The Kier molecular flexibility index (Phi) is 5.06. The highest BCUT2D eigenvalue weighted by molar-refractivity contribution is 14.1. The second-order valence-electron chi connectivity index (χ2n) is 4.19. The molecule has 0 amide bonds. The number of ketones is 1. The Labute approximate surface area is 137 Å². The first-order valence-corrected chi connectivity index (χ1v) is 7.30. The molecule has 0 saturated heterocycles.